The molecule has 2 heteroatoms. The third-order valence-electron chi connectivity index (χ3n) is 1.05. The summed E-state index contributed by atoms with van der Waals surface area (Å²) in [5.74, 6) is 0. The Morgan fingerprint density at radius 3 is 2.91 bits per heavy atom. The number of terminal acetylenes is 1. The van der Waals surface area contributed by atoms with Crippen molar-refractivity contribution in [3.8, 4) is 12.5 Å². The van der Waals surface area contributed by atoms with Gasteiger partial charge >= 0.3 is 0 Å². The third-order valence-corrected chi connectivity index (χ3v) is 1.25. The summed E-state index contributed by atoms with van der Waals surface area (Å²) in [7, 11) is 0. The van der Waals surface area contributed by atoms with Gasteiger partial charge in [0.15, 0.2) is 0 Å². The van der Waals surface area contributed by atoms with Crippen LogP contribution in [0.1, 0.15) is 19.8 Å². The Morgan fingerprint density at radius 2 is 2.45 bits per heavy atom. The number of halogens is 1. The number of unbranched alkanes of at least 4 members (excludes halogenated alkanes) is 1. The van der Waals surface area contributed by atoms with Crippen molar-refractivity contribution in [2.24, 2.45) is 0 Å². The fourth-order valence-corrected chi connectivity index (χ4v) is 0.692. The molecule has 61 valence electrons. The number of hydrogen-bond acceptors (Lipinski definition) is 1. The minimum atomic E-state index is -1.09. The summed E-state index contributed by atoms with van der Waals surface area (Å²) in [5.41, 5.74) is 0. The van der Waals surface area contributed by atoms with Crippen molar-refractivity contribution >= 4 is 11.6 Å². The Kier molecular flexibility index (Phi) is 4.81. The lowest BCUT2D eigenvalue weighted by atomic mass is 10.2. The first-order chi connectivity index (χ1) is 5.12. The van der Waals surface area contributed by atoms with Crippen LogP contribution in [0.5, 0.6) is 0 Å². The highest BCUT2D eigenvalue weighted by molar-refractivity contribution is 6.24. The van der Waals surface area contributed by atoms with E-state index in [1.807, 2.05) is 12.2 Å². The molecule has 1 atom stereocenters. The minimum absolute atomic E-state index is 0.956. The molecule has 0 saturated carbocycles. The summed E-state index contributed by atoms with van der Waals surface area (Å²) in [4.78, 5) is 0. The van der Waals surface area contributed by atoms with Gasteiger partial charge in [-0.3, -0.25) is 0 Å². The van der Waals surface area contributed by atoms with E-state index in [2.05, 4.69) is 18.6 Å². The average molecular weight is 172 g/mol. The van der Waals surface area contributed by atoms with Gasteiger partial charge in [0.1, 0.15) is 6.11 Å². The van der Waals surface area contributed by atoms with Crippen molar-refractivity contribution in [1.82, 2.24) is 0 Å². The summed E-state index contributed by atoms with van der Waals surface area (Å²) in [6.07, 6.45) is 12.5. The highest BCUT2D eigenvalue weighted by Gasteiger charge is 2.16. The number of rotatable bonds is 4. The molecular formula is C9H12ClO. The molecule has 1 unspecified atom stereocenters. The fraction of sp³-hybridized carbons (Fsp3) is 0.444. The Hall–Kier alpha value is -0.610. The van der Waals surface area contributed by atoms with Crippen molar-refractivity contribution in [2.45, 2.75) is 24.8 Å². The lowest BCUT2D eigenvalue weighted by Crippen LogP contribution is -2.14. The lowest BCUT2D eigenvalue weighted by Gasteiger charge is -2.13. The Morgan fingerprint density at radius 1 is 1.82 bits per heavy atom. The van der Waals surface area contributed by atoms with Crippen LogP contribution < -0.4 is 0 Å². The van der Waals surface area contributed by atoms with Crippen LogP contribution in [-0.4, -0.2) is 5.06 Å². The van der Waals surface area contributed by atoms with Gasteiger partial charge < -0.3 is 4.74 Å². The van der Waals surface area contributed by atoms with Crippen LogP contribution in [0.4, 0.5) is 0 Å². The number of allylic oxidation sites excluding steroid dienone is 1. The van der Waals surface area contributed by atoms with Gasteiger partial charge in [0.2, 0.25) is 5.06 Å². The molecule has 0 aliphatic carbocycles. The molecule has 11 heavy (non-hydrogen) atoms. The van der Waals surface area contributed by atoms with Crippen LogP contribution in [0, 0.1) is 19.5 Å². The molecule has 0 aromatic carbocycles. The van der Waals surface area contributed by atoms with Gasteiger partial charge in [0.25, 0.3) is 0 Å². The Bertz CT molecular complexity index is 165. The maximum atomic E-state index is 5.71. The van der Waals surface area contributed by atoms with E-state index in [0.717, 1.165) is 12.8 Å². The number of ether oxygens (including phenoxy) is 1. The van der Waals surface area contributed by atoms with Crippen LogP contribution in [0.15, 0.2) is 12.2 Å². The quantitative estimate of drug-likeness (QED) is 0.359. The van der Waals surface area contributed by atoms with Gasteiger partial charge in [0.05, 0.1) is 0 Å². The summed E-state index contributed by atoms with van der Waals surface area (Å²) in [6.45, 7) is 5.62. The van der Waals surface area contributed by atoms with Gasteiger partial charge in [-0.15, -0.1) is 0 Å². The Balaban J connectivity index is 3.81. The second-order valence-corrected chi connectivity index (χ2v) is 2.84. The van der Waals surface area contributed by atoms with Gasteiger partial charge in [-0.05, 0) is 12.5 Å². The highest BCUT2D eigenvalue weighted by atomic mass is 35.5. The molecule has 0 spiro atoms. The molecule has 0 bridgehead atoms. The lowest BCUT2D eigenvalue weighted by molar-refractivity contribution is 0.215. The van der Waals surface area contributed by atoms with Crippen LogP contribution in [-0.2, 0) is 4.74 Å². The molecule has 0 heterocycles. The van der Waals surface area contributed by atoms with Gasteiger partial charge in [-0.2, -0.15) is 0 Å². The summed E-state index contributed by atoms with van der Waals surface area (Å²) >= 11 is 5.71. The SMILES string of the molecule is C#COC([CH2])(Cl)C=CCCC. The minimum Gasteiger partial charge on any atom is -0.419 e. The zero-order valence-electron chi connectivity index (χ0n) is 6.64. The molecule has 1 radical (unpaired) electrons. The molecule has 0 rings (SSSR count). The summed E-state index contributed by atoms with van der Waals surface area (Å²) < 4.78 is 4.67. The fourth-order valence-electron chi connectivity index (χ4n) is 0.558. The highest BCUT2D eigenvalue weighted by Crippen LogP contribution is 2.16. The van der Waals surface area contributed by atoms with Crippen molar-refractivity contribution < 1.29 is 4.74 Å². The number of alkyl halides is 1. The Labute approximate surface area is 73.4 Å². The van der Waals surface area contributed by atoms with E-state index in [9.17, 15) is 0 Å². The summed E-state index contributed by atoms with van der Waals surface area (Å²) in [6, 6.07) is 0. The standard InChI is InChI=1S/C9H12ClO/c1-4-6-7-8-9(3,10)11-5-2/h2,7-8H,3-4,6H2,1H3. The smallest absolute Gasteiger partial charge is 0.212 e. The molecule has 1 nitrogen and oxygen atoms in total. The molecule has 0 aromatic rings. The first kappa shape index (κ1) is 10.4. The third kappa shape index (κ3) is 5.82. The molecule has 0 saturated heterocycles. The molecule has 0 fully saturated rings. The molecule has 0 aliphatic rings. The van der Waals surface area contributed by atoms with E-state index in [4.69, 9.17) is 18.0 Å². The van der Waals surface area contributed by atoms with Crippen LogP contribution in [0.2, 0.25) is 0 Å². The second-order valence-electron chi connectivity index (χ2n) is 2.20. The molecular weight excluding hydrogens is 160 g/mol. The topological polar surface area (TPSA) is 9.23 Å². The predicted octanol–water partition coefficient (Wildman–Crippen LogP) is 2.72. The predicted molar refractivity (Wildman–Crippen MR) is 47.9 cm³/mol. The molecule has 0 amide bonds. The van der Waals surface area contributed by atoms with Gasteiger partial charge in [-0.25, -0.2) is 0 Å². The van der Waals surface area contributed by atoms with Crippen molar-refractivity contribution in [1.29, 1.82) is 0 Å². The van der Waals surface area contributed by atoms with Crippen molar-refractivity contribution in [2.75, 3.05) is 0 Å². The monoisotopic (exact) mass is 171 g/mol. The van der Waals surface area contributed by atoms with E-state index in [0.29, 0.717) is 0 Å². The van der Waals surface area contributed by atoms with Crippen LogP contribution in [0.3, 0.4) is 0 Å². The normalized spacial score (nSPS) is 15.8. The van der Waals surface area contributed by atoms with E-state index in [-0.39, 0.29) is 0 Å². The zero-order valence-corrected chi connectivity index (χ0v) is 7.40. The van der Waals surface area contributed by atoms with Gasteiger partial charge in [-0.1, -0.05) is 37.4 Å². The summed E-state index contributed by atoms with van der Waals surface area (Å²) in [5, 5.41) is -1.09. The molecule has 0 aromatic heterocycles. The van der Waals surface area contributed by atoms with E-state index in [1.165, 1.54) is 0 Å². The number of hydrogen-bond donors (Lipinski definition) is 0. The average Bonchev–Trinajstić information content (AvgIpc) is 1.87. The second kappa shape index (κ2) is 5.09. The maximum absolute atomic E-state index is 5.71. The first-order valence-corrected chi connectivity index (χ1v) is 3.85. The first-order valence-electron chi connectivity index (χ1n) is 3.48. The van der Waals surface area contributed by atoms with Crippen molar-refractivity contribution in [3.63, 3.8) is 0 Å². The van der Waals surface area contributed by atoms with E-state index in [1.54, 1.807) is 6.08 Å². The maximum Gasteiger partial charge on any atom is 0.212 e. The van der Waals surface area contributed by atoms with Gasteiger partial charge in [0, 0.05) is 6.92 Å². The molecule has 0 aliphatic heterocycles. The van der Waals surface area contributed by atoms with E-state index < -0.39 is 5.06 Å². The van der Waals surface area contributed by atoms with E-state index >= 15 is 0 Å². The largest absolute Gasteiger partial charge is 0.419 e. The van der Waals surface area contributed by atoms with Crippen molar-refractivity contribution in [3.05, 3.63) is 19.1 Å². The van der Waals surface area contributed by atoms with Crippen LogP contribution >= 0.6 is 11.6 Å². The zero-order chi connectivity index (χ0) is 8.74. The molecule has 0 N–H and O–H groups in total. The van der Waals surface area contributed by atoms with Crippen LogP contribution in [0.25, 0.3) is 0 Å².